The van der Waals surface area contributed by atoms with Gasteiger partial charge in [0, 0.05) is 0 Å². The molecule has 1 heterocycles. The Morgan fingerprint density at radius 1 is 1.52 bits per heavy atom. The normalized spacial score (nSPS) is 26.0. The summed E-state index contributed by atoms with van der Waals surface area (Å²) in [6, 6.07) is -0.349. The number of methoxy groups -OCH3 is 1. The molecular weight excluding hydrogens is 301 g/mol. The zero-order valence-electron chi connectivity index (χ0n) is 11.5. The lowest BCUT2D eigenvalue weighted by molar-refractivity contribution is 0.0593. The molecule has 3 unspecified atom stereocenters. The molecule has 0 amide bonds. The van der Waals surface area contributed by atoms with Crippen molar-refractivity contribution in [2.75, 3.05) is 13.3 Å². The first-order valence-corrected chi connectivity index (χ1v) is 8.32. The second kappa shape index (κ2) is 6.23. The summed E-state index contributed by atoms with van der Waals surface area (Å²) in [4.78, 5) is 29.1. The Labute approximate surface area is 121 Å². The molecule has 21 heavy (non-hydrogen) atoms. The van der Waals surface area contributed by atoms with E-state index in [0.717, 1.165) is 0 Å². The monoisotopic (exact) mass is 319 g/mol. The molecule has 1 fully saturated rings. The van der Waals surface area contributed by atoms with Gasteiger partial charge in [-0.3, -0.25) is 4.57 Å². The number of aliphatic hydroxyl groups is 1. The van der Waals surface area contributed by atoms with Crippen molar-refractivity contribution >= 4 is 13.6 Å². The molecular formula is C11H18N3O6P. The molecule has 0 aromatic carbocycles. The molecule has 1 aliphatic rings. The van der Waals surface area contributed by atoms with Crippen molar-refractivity contribution in [3.63, 3.8) is 0 Å². The fourth-order valence-electron chi connectivity index (χ4n) is 2.60. The van der Waals surface area contributed by atoms with Crippen LogP contribution in [0.2, 0.25) is 0 Å². The van der Waals surface area contributed by atoms with Crippen LogP contribution in [0.25, 0.3) is 0 Å². The number of aromatic nitrogens is 3. The molecule has 0 bridgehead atoms. The molecule has 0 radical (unpaired) electrons. The van der Waals surface area contributed by atoms with E-state index in [0.29, 0.717) is 19.3 Å². The smallest absolute Gasteiger partial charge is 0.360 e. The van der Waals surface area contributed by atoms with Gasteiger partial charge >= 0.3 is 13.6 Å². The molecule has 0 spiro atoms. The third-order valence-electron chi connectivity index (χ3n) is 3.67. The zero-order valence-corrected chi connectivity index (χ0v) is 12.4. The Kier molecular flexibility index (Phi) is 4.77. The molecule has 1 aromatic heterocycles. The summed E-state index contributed by atoms with van der Waals surface area (Å²) in [5.41, 5.74) is 0.0587. The highest BCUT2D eigenvalue weighted by Crippen LogP contribution is 2.42. The molecule has 3 N–H and O–H groups in total. The van der Waals surface area contributed by atoms with Crippen molar-refractivity contribution in [3.05, 3.63) is 11.9 Å². The Morgan fingerprint density at radius 3 is 2.86 bits per heavy atom. The third-order valence-corrected chi connectivity index (χ3v) is 4.51. The number of rotatable bonds is 5. The summed E-state index contributed by atoms with van der Waals surface area (Å²) in [7, 11) is -2.78. The maximum Gasteiger partial charge on any atom is 0.360 e. The standard InChI is InChI=1S/C11H18N3O6P/c1-20-11(16)8-6-14(13-12-8)9-4-7(5-10(9)15)2-3-21(17,18)19/h6-7,9-10,15H,2-5H2,1H3,(H2,17,18,19). The van der Waals surface area contributed by atoms with E-state index in [1.807, 2.05) is 0 Å². The Hall–Kier alpha value is -1.28. The van der Waals surface area contributed by atoms with E-state index in [4.69, 9.17) is 9.79 Å². The van der Waals surface area contributed by atoms with Gasteiger partial charge in [0.2, 0.25) is 0 Å². The van der Waals surface area contributed by atoms with Crippen molar-refractivity contribution in [1.29, 1.82) is 0 Å². The summed E-state index contributed by atoms with van der Waals surface area (Å²) in [6.45, 7) is 0. The van der Waals surface area contributed by atoms with E-state index < -0.39 is 19.7 Å². The molecule has 118 valence electrons. The van der Waals surface area contributed by atoms with Gasteiger partial charge in [-0.05, 0) is 25.2 Å². The number of carbonyl (C=O) groups is 1. The van der Waals surface area contributed by atoms with Crippen molar-refractivity contribution in [2.45, 2.75) is 31.4 Å². The van der Waals surface area contributed by atoms with Crippen LogP contribution < -0.4 is 0 Å². The number of esters is 1. The lowest BCUT2D eigenvalue weighted by Crippen LogP contribution is -2.18. The fourth-order valence-corrected chi connectivity index (χ4v) is 3.30. The van der Waals surface area contributed by atoms with Crippen LogP contribution in [-0.4, -0.2) is 55.2 Å². The van der Waals surface area contributed by atoms with Crippen LogP contribution in [-0.2, 0) is 9.30 Å². The topological polar surface area (TPSA) is 135 Å². The minimum Gasteiger partial charge on any atom is -0.464 e. The molecule has 3 atom stereocenters. The summed E-state index contributed by atoms with van der Waals surface area (Å²) in [5, 5.41) is 17.5. The highest BCUT2D eigenvalue weighted by molar-refractivity contribution is 7.51. The average Bonchev–Trinajstić information content (AvgIpc) is 3.01. The predicted octanol–water partition coefficient (Wildman–Crippen LogP) is -0.0555. The van der Waals surface area contributed by atoms with Gasteiger partial charge in [0.15, 0.2) is 5.69 Å². The van der Waals surface area contributed by atoms with Gasteiger partial charge in [-0.2, -0.15) is 0 Å². The fraction of sp³-hybridized carbons (Fsp3) is 0.727. The minimum absolute atomic E-state index is 0.00315. The first-order chi connectivity index (χ1) is 9.80. The van der Waals surface area contributed by atoms with E-state index >= 15 is 0 Å². The Balaban J connectivity index is 1.99. The number of hydrogen-bond donors (Lipinski definition) is 3. The van der Waals surface area contributed by atoms with Crippen LogP contribution in [0, 0.1) is 5.92 Å². The van der Waals surface area contributed by atoms with Crippen LogP contribution in [0.4, 0.5) is 0 Å². The Bertz CT molecular complexity index is 556. The lowest BCUT2D eigenvalue weighted by Gasteiger charge is -2.13. The van der Waals surface area contributed by atoms with E-state index in [9.17, 15) is 14.5 Å². The summed E-state index contributed by atoms with van der Waals surface area (Å²) < 4.78 is 16.8. The number of ether oxygens (including phenoxy) is 1. The largest absolute Gasteiger partial charge is 0.464 e. The number of hydrogen-bond acceptors (Lipinski definition) is 6. The number of aliphatic hydroxyl groups excluding tert-OH is 1. The molecule has 9 nitrogen and oxygen atoms in total. The first-order valence-electron chi connectivity index (χ1n) is 6.53. The molecule has 2 rings (SSSR count). The molecule has 1 saturated carbocycles. The maximum absolute atomic E-state index is 11.3. The number of carbonyl (C=O) groups excluding carboxylic acids is 1. The van der Waals surface area contributed by atoms with Gasteiger partial charge < -0.3 is 19.6 Å². The van der Waals surface area contributed by atoms with Crippen molar-refractivity contribution in [3.8, 4) is 0 Å². The van der Waals surface area contributed by atoms with Gasteiger partial charge in [-0.15, -0.1) is 5.10 Å². The van der Waals surface area contributed by atoms with Crippen molar-refractivity contribution in [1.82, 2.24) is 15.0 Å². The van der Waals surface area contributed by atoms with Crippen molar-refractivity contribution in [2.24, 2.45) is 5.92 Å². The summed E-state index contributed by atoms with van der Waals surface area (Å²) in [6.07, 6.45) is 1.85. The molecule has 0 saturated heterocycles. The van der Waals surface area contributed by atoms with Crippen LogP contribution in [0.15, 0.2) is 6.20 Å². The van der Waals surface area contributed by atoms with Crippen molar-refractivity contribution < 1.29 is 29.0 Å². The van der Waals surface area contributed by atoms with Crippen LogP contribution >= 0.6 is 7.60 Å². The van der Waals surface area contributed by atoms with Crippen LogP contribution in [0.5, 0.6) is 0 Å². The SMILES string of the molecule is COC(=O)c1cn(C2CC(CCP(=O)(O)O)CC2O)nn1. The van der Waals surface area contributed by atoms with Crippen LogP contribution in [0.1, 0.15) is 35.8 Å². The number of nitrogens with zero attached hydrogens (tertiary/aromatic N) is 3. The highest BCUT2D eigenvalue weighted by atomic mass is 31.2. The van der Waals surface area contributed by atoms with Gasteiger partial charge in [-0.1, -0.05) is 5.21 Å². The average molecular weight is 319 g/mol. The maximum atomic E-state index is 11.3. The van der Waals surface area contributed by atoms with Crippen LogP contribution in [0.3, 0.4) is 0 Å². The molecule has 10 heteroatoms. The second-order valence-corrected chi connectivity index (χ2v) is 7.00. The predicted molar refractivity (Wildman–Crippen MR) is 70.7 cm³/mol. The first kappa shape index (κ1) is 16.1. The molecule has 0 aliphatic heterocycles. The van der Waals surface area contributed by atoms with Gasteiger partial charge in [0.25, 0.3) is 0 Å². The second-order valence-electron chi connectivity index (χ2n) is 5.22. The van der Waals surface area contributed by atoms with Gasteiger partial charge in [-0.25, -0.2) is 9.48 Å². The third kappa shape index (κ3) is 4.10. The van der Waals surface area contributed by atoms with Gasteiger partial charge in [0.1, 0.15) is 0 Å². The summed E-state index contributed by atoms with van der Waals surface area (Å²) >= 11 is 0. The van der Waals surface area contributed by atoms with E-state index in [2.05, 4.69) is 15.0 Å². The summed E-state index contributed by atoms with van der Waals surface area (Å²) in [5.74, 6) is -0.602. The van der Waals surface area contributed by atoms with E-state index in [-0.39, 0.29) is 23.8 Å². The lowest BCUT2D eigenvalue weighted by atomic mass is 10.1. The molecule has 1 aliphatic carbocycles. The zero-order chi connectivity index (χ0) is 15.6. The Morgan fingerprint density at radius 2 is 2.24 bits per heavy atom. The molecule has 1 aromatic rings. The van der Waals surface area contributed by atoms with E-state index in [1.54, 1.807) is 0 Å². The highest BCUT2D eigenvalue weighted by Gasteiger charge is 2.36. The quantitative estimate of drug-likeness (QED) is 0.507. The van der Waals surface area contributed by atoms with E-state index in [1.165, 1.54) is 18.0 Å². The van der Waals surface area contributed by atoms with Gasteiger partial charge in [0.05, 0.1) is 31.6 Å². The minimum atomic E-state index is -4.02.